The maximum atomic E-state index is 12.8. The quantitative estimate of drug-likeness (QED) is 0.483. The van der Waals surface area contributed by atoms with Crippen molar-refractivity contribution < 1.29 is 27.5 Å². The lowest BCUT2D eigenvalue weighted by Crippen LogP contribution is -2.51. The standard InChI is InChI=1S/C23H35N3O6S.ClH/c1-15(2)14-20(23(29)32-5)24-21(27)18-10-12-26(13-11-18)22(28)17(4)25-33(30,31)19-8-6-16(3)7-9-19;/h6-9,15,17-18,20,25H,10-14H2,1-5H3,(H,24,27);1H. The first-order valence-corrected chi connectivity index (χ1v) is 12.7. The molecule has 1 fully saturated rings. The Bertz CT molecular complexity index is 944. The average Bonchev–Trinajstić information content (AvgIpc) is 2.77. The summed E-state index contributed by atoms with van der Waals surface area (Å²) in [5.74, 6) is -1.16. The Morgan fingerprint density at radius 2 is 1.65 bits per heavy atom. The Kier molecular flexibility index (Phi) is 11.5. The zero-order valence-electron chi connectivity index (χ0n) is 20.4. The molecule has 34 heavy (non-hydrogen) atoms. The van der Waals surface area contributed by atoms with Crippen molar-refractivity contribution in [1.29, 1.82) is 0 Å². The molecule has 0 radical (unpaired) electrons. The number of rotatable bonds is 9. The molecule has 192 valence electrons. The predicted octanol–water partition coefficient (Wildman–Crippen LogP) is 2.03. The van der Waals surface area contributed by atoms with Gasteiger partial charge in [0.2, 0.25) is 21.8 Å². The van der Waals surface area contributed by atoms with Gasteiger partial charge >= 0.3 is 5.97 Å². The molecular weight excluding hydrogens is 482 g/mol. The van der Waals surface area contributed by atoms with Crippen LogP contribution in [-0.4, -0.2) is 63.4 Å². The van der Waals surface area contributed by atoms with E-state index in [9.17, 15) is 22.8 Å². The summed E-state index contributed by atoms with van der Waals surface area (Å²) in [6.45, 7) is 7.96. The number of nitrogens with zero attached hydrogens (tertiary/aromatic N) is 1. The molecule has 1 aromatic rings. The van der Waals surface area contributed by atoms with Gasteiger partial charge in [0.05, 0.1) is 18.0 Å². The van der Waals surface area contributed by atoms with Crippen molar-refractivity contribution in [3.05, 3.63) is 29.8 Å². The summed E-state index contributed by atoms with van der Waals surface area (Å²) < 4.78 is 32.4. The van der Waals surface area contributed by atoms with Gasteiger partial charge in [-0.25, -0.2) is 13.2 Å². The van der Waals surface area contributed by atoms with Crippen LogP contribution in [0.1, 0.15) is 45.6 Å². The smallest absolute Gasteiger partial charge is 0.328 e. The van der Waals surface area contributed by atoms with Gasteiger partial charge in [0.1, 0.15) is 6.04 Å². The molecule has 0 spiro atoms. The Morgan fingerprint density at radius 1 is 1.09 bits per heavy atom. The first-order chi connectivity index (χ1) is 15.4. The molecule has 2 amide bonds. The molecule has 0 saturated carbocycles. The van der Waals surface area contributed by atoms with Crippen LogP contribution in [0, 0.1) is 18.8 Å². The van der Waals surface area contributed by atoms with Gasteiger partial charge in [-0.2, -0.15) is 4.72 Å². The van der Waals surface area contributed by atoms with Crippen molar-refractivity contribution in [2.75, 3.05) is 20.2 Å². The molecule has 11 heteroatoms. The van der Waals surface area contributed by atoms with Crippen molar-refractivity contribution in [1.82, 2.24) is 14.9 Å². The third-order valence-electron chi connectivity index (χ3n) is 5.72. The number of carbonyl (C=O) groups is 3. The van der Waals surface area contributed by atoms with Crippen LogP contribution in [0.2, 0.25) is 0 Å². The molecular formula is C23H36ClN3O6S. The third-order valence-corrected chi connectivity index (χ3v) is 7.28. The lowest BCUT2D eigenvalue weighted by Gasteiger charge is -2.33. The van der Waals surface area contributed by atoms with E-state index in [-0.39, 0.29) is 41.0 Å². The normalized spacial score (nSPS) is 16.4. The fraction of sp³-hybridized carbons (Fsp3) is 0.609. The van der Waals surface area contributed by atoms with Gasteiger partial charge < -0.3 is 15.0 Å². The highest BCUT2D eigenvalue weighted by Crippen LogP contribution is 2.20. The summed E-state index contributed by atoms with van der Waals surface area (Å²) >= 11 is 0. The SMILES string of the molecule is COC(=O)C(CC(C)C)NC(=O)C1CCN(C(=O)C(C)NS(=O)(=O)c2ccc(C)cc2)CC1.Cl. The summed E-state index contributed by atoms with van der Waals surface area (Å²) in [5, 5.41) is 2.78. The molecule has 1 saturated heterocycles. The molecule has 1 aliphatic rings. The van der Waals surface area contributed by atoms with E-state index in [0.29, 0.717) is 32.4 Å². The van der Waals surface area contributed by atoms with E-state index in [1.807, 2.05) is 20.8 Å². The van der Waals surface area contributed by atoms with E-state index in [1.165, 1.54) is 26.2 Å². The van der Waals surface area contributed by atoms with E-state index in [2.05, 4.69) is 10.0 Å². The predicted molar refractivity (Wildman–Crippen MR) is 131 cm³/mol. The Balaban J connectivity index is 0.00000578. The summed E-state index contributed by atoms with van der Waals surface area (Å²) in [4.78, 5) is 39.1. The molecule has 2 N–H and O–H groups in total. The van der Waals surface area contributed by atoms with Gasteiger partial charge in [-0.15, -0.1) is 12.4 Å². The fourth-order valence-corrected chi connectivity index (χ4v) is 5.02. The maximum Gasteiger partial charge on any atom is 0.328 e. The van der Waals surface area contributed by atoms with Gasteiger partial charge in [-0.3, -0.25) is 9.59 Å². The van der Waals surface area contributed by atoms with Crippen LogP contribution in [0.15, 0.2) is 29.2 Å². The van der Waals surface area contributed by atoms with E-state index < -0.39 is 28.1 Å². The highest BCUT2D eigenvalue weighted by molar-refractivity contribution is 7.89. The molecule has 1 aliphatic heterocycles. The first kappa shape index (κ1) is 29.9. The number of amides is 2. The van der Waals surface area contributed by atoms with Crippen LogP contribution in [0.5, 0.6) is 0 Å². The van der Waals surface area contributed by atoms with Crippen LogP contribution < -0.4 is 10.0 Å². The number of piperidine rings is 1. The number of hydrogen-bond donors (Lipinski definition) is 2. The summed E-state index contributed by atoms with van der Waals surface area (Å²) in [5.41, 5.74) is 0.937. The largest absolute Gasteiger partial charge is 0.467 e. The lowest BCUT2D eigenvalue weighted by atomic mass is 9.94. The van der Waals surface area contributed by atoms with Crippen LogP contribution in [0.3, 0.4) is 0 Å². The van der Waals surface area contributed by atoms with E-state index in [1.54, 1.807) is 17.0 Å². The lowest BCUT2D eigenvalue weighted by molar-refractivity contribution is -0.146. The molecule has 0 aliphatic carbocycles. The number of likely N-dealkylation sites (tertiary alicyclic amines) is 1. The number of aryl methyl sites for hydroxylation is 1. The number of halogens is 1. The number of esters is 1. The number of hydrogen-bond acceptors (Lipinski definition) is 6. The summed E-state index contributed by atoms with van der Waals surface area (Å²) in [6.07, 6.45) is 1.35. The van der Waals surface area contributed by atoms with Gasteiger partial charge in [0.25, 0.3) is 0 Å². The van der Waals surface area contributed by atoms with E-state index >= 15 is 0 Å². The number of benzene rings is 1. The number of carbonyl (C=O) groups excluding carboxylic acids is 3. The molecule has 0 bridgehead atoms. The Labute approximate surface area is 208 Å². The second-order valence-electron chi connectivity index (χ2n) is 8.97. The average molecular weight is 518 g/mol. The molecule has 2 unspecified atom stereocenters. The van der Waals surface area contributed by atoms with Crippen molar-refractivity contribution in [3.8, 4) is 0 Å². The van der Waals surface area contributed by atoms with Crippen LogP contribution in [-0.2, 0) is 29.1 Å². The molecule has 2 atom stereocenters. The highest BCUT2D eigenvalue weighted by Gasteiger charge is 2.33. The van der Waals surface area contributed by atoms with Gasteiger partial charge in [0, 0.05) is 19.0 Å². The zero-order valence-corrected chi connectivity index (χ0v) is 22.0. The first-order valence-electron chi connectivity index (χ1n) is 11.2. The number of ether oxygens (including phenoxy) is 1. The monoisotopic (exact) mass is 517 g/mol. The minimum atomic E-state index is -3.82. The van der Waals surface area contributed by atoms with Crippen molar-refractivity contribution in [2.24, 2.45) is 11.8 Å². The van der Waals surface area contributed by atoms with Crippen molar-refractivity contribution >= 4 is 40.2 Å². The van der Waals surface area contributed by atoms with Crippen molar-refractivity contribution in [2.45, 2.75) is 63.9 Å². The van der Waals surface area contributed by atoms with Crippen LogP contribution in [0.4, 0.5) is 0 Å². The second kappa shape index (κ2) is 13.1. The zero-order chi connectivity index (χ0) is 24.8. The van der Waals surface area contributed by atoms with Crippen LogP contribution >= 0.6 is 12.4 Å². The van der Waals surface area contributed by atoms with Gasteiger partial charge in [0.15, 0.2) is 0 Å². The molecule has 0 aromatic heterocycles. The maximum absolute atomic E-state index is 12.8. The number of methoxy groups -OCH3 is 1. The topological polar surface area (TPSA) is 122 Å². The molecule has 1 aromatic carbocycles. The van der Waals surface area contributed by atoms with E-state index in [4.69, 9.17) is 4.74 Å². The van der Waals surface area contributed by atoms with Gasteiger partial charge in [-0.05, 0) is 51.2 Å². The number of nitrogens with one attached hydrogen (secondary N) is 2. The third kappa shape index (κ3) is 8.25. The molecule has 2 rings (SSSR count). The minimum absolute atomic E-state index is 0. The number of sulfonamides is 1. The summed E-state index contributed by atoms with van der Waals surface area (Å²) in [6, 6.07) is 4.76. The minimum Gasteiger partial charge on any atom is -0.467 e. The Hall–Kier alpha value is -2.17. The van der Waals surface area contributed by atoms with Crippen molar-refractivity contribution in [3.63, 3.8) is 0 Å². The fourth-order valence-electron chi connectivity index (χ4n) is 3.82. The van der Waals surface area contributed by atoms with E-state index in [0.717, 1.165) is 5.56 Å². The highest BCUT2D eigenvalue weighted by atomic mass is 35.5. The second-order valence-corrected chi connectivity index (χ2v) is 10.7. The van der Waals surface area contributed by atoms with Crippen LogP contribution in [0.25, 0.3) is 0 Å². The molecule has 9 nitrogen and oxygen atoms in total. The Morgan fingerprint density at radius 3 is 2.15 bits per heavy atom. The summed E-state index contributed by atoms with van der Waals surface area (Å²) in [7, 11) is -2.53. The molecule has 1 heterocycles. The van der Waals surface area contributed by atoms with Gasteiger partial charge in [-0.1, -0.05) is 31.5 Å².